The van der Waals surface area contributed by atoms with E-state index in [1.54, 1.807) is 0 Å². The molecule has 21 heavy (non-hydrogen) atoms. The number of carbonyl (C=O) groups is 1. The van der Waals surface area contributed by atoms with Gasteiger partial charge in [-0.3, -0.25) is 4.79 Å². The normalized spacial score (nSPS) is 17.8. The van der Waals surface area contributed by atoms with E-state index in [1.807, 2.05) is 24.3 Å². The van der Waals surface area contributed by atoms with Crippen LogP contribution in [-0.2, 0) is 4.79 Å². The van der Waals surface area contributed by atoms with Crippen molar-refractivity contribution in [2.24, 2.45) is 5.92 Å². The van der Waals surface area contributed by atoms with Crippen LogP contribution in [0, 0.1) is 17.2 Å². The molecule has 1 aromatic rings. The molecule has 2 N–H and O–H groups in total. The number of rotatable bonds is 6. The first-order valence-electron chi connectivity index (χ1n) is 7.41. The third kappa shape index (κ3) is 5.09. The minimum atomic E-state index is 0.0407. The average molecular weight is 287 g/mol. The molecular weight excluding hydrogens is 266 g/mol. The smallest absolute Gasteiger partial charge is 0.228 e. The molecular formula is C16H21N3O2. The van der Waals surface area contributed by atoms with Crippen molar-refractivity contribution in [2.75, 3.05) is 25.0 Å². The third-order valence-corrected chi connectivity index (χ3v) is 3.47. The van der Waals surface area contributed by atoms with Crippen LogP contribution in [0.2, 0.25) is 0 Å². The summed E-state index contributed by atoms with van der Waals surface area (Å²) in [6.07, 6.45) is 3.18. The molecule has 1 atom stereocenters. The molecule has 1 heterocycles. The van der Waals surface area contributed by atoms with Crippen LogP contribution in [0.1, 0.15) is 25.7 Å². The van der Waals surface area contributed by atoms with Gasteiger partial charge in [-0.1, -0.05) is 6.07 Å². The highest BCUT2D eigenvalue weighted by Gasteiger charge is 2.20. The first-order chi connectivity index (χ1) is 10.3. The zero-order valence-electron chi connectivity index (χ0n) is 12.1. The molecule has 5 nitrogen and oxygen atoms in total. The van der Waals surface area contributed by atoms with Gasteiger partial charge >= 0.3 is 0 Å². The molecule has 112 valence electrons. The molecule has 0 saturated carbocycles. The summed E-state index contributed by atoms with van der Waals surface area (Å²) in [5.74, 6) is 0.815. The first kappa shape index (κ1) is 15.3. The Morgan fingerprint density at radius 3 is 3.19 bits per heavy atom. The maximum absolute atomic E-state index is 12.2. The summed E-state index contributed by atoms with van der Waals surface area (Å²) in [6, 6.07) is 9.47. The molecule has 0 aliphatic carbocycles. The number of anilines is 1. The highest BCUT2D eigenvalue weighted by atomic mass is 16.5. The fourth-order valence-corrected chi connectivity index (χ4v) is 2.32. The Balaban J connectivity index is 1.85. The third-order valence-electron chi connectivity index (χ3n) is 3.47. The molecule has 5 heteroatoms. The second kappa shape index (κ2) is 8.28. The minimum Gasteiger partial charge on any atom is -0.493 e. The zero-order chi connectivity index (χ0) is 14.9. The lowest BCUT2D eigenvalue weighted by Gasteiger charge is -2.22. The second-order valence-electron chi connectivity index (χ2n) is 5.17. The number of hydrogen-bond acceptors (Lipinski definition) is 4. The van der Waals surface area contributed by atoms with Crippen LogP contribution in [0.4, 0.5) is 5.69 Å². The molecule has 1 unspecified atom stereocenters. The molecule has 0 bridgehead atoms. The van der Waals surface area contributed by atoms with Crippen LogP contribution < -0.4 is 15.4 Å². The Morgan fingerprint density at radius 1 is 1.52 bits per heavy atom. The van der Waals surface area contributed by atoms with Crippen LogP contribution in [-0.4, -0.2) is 25.6 Å². The van der Waals surface area contributed by atoms with E-state index in [-0.39, 0.29) is 11.8 Å². The van der Waals surface area contributed by atoms with E-state index in [0.717, 1.165) is 31.6 Å². The van der Waals surface area contributed by atoms with Gasteiger partial charge in [-0.05, 0) is 37.9 Å². The maximum atomic E-state index is 12.2. The van der Waals surface area contributed by atoms with Crippen molar-refractivity contribution in [3.8, 4) is 11.8 Å². The van der Waals surface area contributed by atoms with Crippen LogP contribution >= 0.6 is 0 Å². The molecule has 1 aliphatic heterocycles. The van der Waals surface area contributed by atoms with Gasteiger partial charge in [-0.15, -0.1) is 0 Å². The highest BCUT2D eigenvalue weighted by Crippen LogP contribution is 2.19. The largest absolute Gasteiger partial charge is 0.493 e. The first-order valence-corrected chi connectivity index (χ1v) is 7.41. The standard InChI is InChI=1S/C16H21N3O2/c17-8-1-2-10-21-15-7-3-6-14(11-15)19-16(20)13-5-4-9-18-12-13/h3,6-7,11,13,18H,1-2,4-5,9-10,12H2,(H,19,20). The van der Waals surface area contributed by atoms with E-state index in [0.29, 0.717) is 25.2 Å². The highest BCUT2D eigenvalue weighted by molar-refractivity contribution is 5.92. The Morgan fingerprint density at radius 2 is 2.43 bits per heavy atom. The molecule has 1 aromatic carbocycles. The maximum Gasteiger partial charge on any atom is 0.228 e. The average Bonchev–Trinajstić information content (AvgIpc) is 2.53. The SMILES string of the molecule is N#CCCCOc1cccc(NC(=O)C2CCCNC2)c1. The van der Waals surface area contributed by atoms with Gasteiger partial charge in [0.1, 0.15) is 5.75 Å². The van der Waals surface area contributed by atoms with Crippen molar-refractivity contribution in [3.05, 3.63) is 24.3 Å². The lowest BCUT2D eigenvalue weighted by atomic mass is 9.99. The minimum absolute atomic E-state index is 0.0407. The Labute approximate surface area is 125 Å². The number of benzene rings is 1. The predicted molar refractivity (Wildman–Crippen MR) is 81.0 cm³/mol. The summed E-state index contributed by atoms with van der Waals surface area (Å²) < 4.78 is 5.56. The van der Waals surface area contributed by atoms with Gasteiger partial charge in [0.15, 0.2) is 0 Å². The fourth-order valence-electron chi connectivity index (χ4n) is 2.32. The number of hydrogen-bond donors (Lipinski definition) is 2. The summed E-state index contributed by atoms with van der Waals surface area (Å²) in [6.45, 7) is 2.25. The van der Waals surface area contributed by atoms with E-state index in [9.17, 15) is 4.79 Å². The van der Waals surface area contributed by atoms with Gasteiger partial charge in [-0.25, -0.2) is 0 Å². The molecule has 0 aromatic heterocycles. The quantitative estimate of drug-likeness (QED) is 0.787. The van der Waals surface area contributed by atoms with Crippen LogP contribution in [0.5, 0.6) is 5.75 Å². The topological polar surface area (TPSA) is 74.1 Å². The van der Waals surface area contributed by atoms with Gasteiger partial charge < -0.3 is 15.4 Å². The summed E-state index contributed by atoms with van der Waals surface area (Å²) >= 11 is 0. The number of amides is 1. The lowest BCUT2D eigenvalue weighted by Crippen LogP contribution is -2.37. The molecule has 0 spiro atoms. The van der Waals surface area contributed by atoms with Crippen LogP contribution in [0.3, 0.4) is 0 Å². The Hall–Kier alpha value is -2.06. The van der Waals surface area contributed by atoms with Crippen molar-refractivity contribution >= 4 is 11.6 Å². The molecule has 1 saturated heterocycles. The van der Waals surface area contributed by atoms with Crippen molar-refractivity contribution in [2.45, 2.75) is 25.7 Å². The van der Waals surface area contributed by atoms with E-state index < -0.39 is 0 Å². The van der Waals surface area contributed by atoms with E-state index >= 15 is 0 Å². The molecule has 1 fully saturated rings. The van der Waals surface area contributed by atoms with Crippen LogP contribution in [0.25, 0.3) is 0 Å². The number of nitriles is 1. The van der Waals surface area contributed by atoms with Crippen molar-refractivity contribution < 1.29 is 9.53 Å². The second-order valence-corrected chi connectivity index (χ2v) is 5.17. The van der Waals surface area contributed by atoms with Gasteiger partial charge in [0.05, 0.1) is 18.6 Å². The van der Waals surface area contributed by atoms with Crippen molar-refractivity contribution in [3.63, 3.8) is 0 Å². The Kier molecular flexibility index (Phi) is 6.04. The molecule has 1 aliphatic rings. The number of piperidine rings is 1. The lowest BCUT2D eigenvalue weighted by molar-refractivity contribution is -0.120. The summed E-state index contributed by atoms with van der Waals surface area (Å²) in [4.78, 5) is 12.2. The fraction of sp³-hybridized carbons (Fsp3) is 0.500. The summed E-state index contributed by atoms with van der Waals surface area (Å²) in [5.41, 5.74) is 0.753. The Bertz CT molecular complexity index is 504. The monoisotopic (exact) mass is 287 g/mol. The number of ether oxygens (including phenoxy) is 1. The van der Waals surface area contributed by atoms with Crippen LogP contribution in [0.15, 0.2) is 24.3 Å². The summed E-state index contributed by atoms with van der Waals surface area (Å²) in [7, 11) is 0. The van der Waals surface area contributed by atoms with Crippen molar-refractivity contribution in [1.29, 1.82) is 5.26 Å². The van der Waals surface area contributed by atoms with E-state index in [4.69, 9.17) is 10.00 Å². The number of unbranched alkanes of at least 4 members (excludes halogenated alkanes) is 1. The van der Waals surface area contributed by atoms with Gasteiger partial charge in [0.2, 0.25) is 5.91 Å². The summed E-state index contributed by atoms with van der Waals surface area (Å²) in [5, 5.41) is 14.7. The molecule has 1 amide bonds. The number of nitrogens with one attached hydrogen (secondary N) is 2. The predicted octanol–water partition coefficient (Wildman–Crippen LogP) is 2.31. The molecule has 0 radical (unpaired) electrons. The number of carbonyl (C=O) groups excluding carboxylic acids is 1. The zero-order valence-corrected chi connectivity index (χ0v) is 12.1. The van der Waals surface area contributed by atoms with Gasteiger partial charge in [0.25, 0.3) is 0 Å². The van der Waals surface area contributed by atoms with Gasteiger partial charge in [0, 0.05) is 24.7 Å². The van der Waals surface area contributed by atoms with E-state index in [2.05, 4.69) is 16.7 Å². The van der Waals surface area contributed by atoms with Gasteiger partial charge in [-0.2, -0.15) is 5.26 Å². The number of nitrogens with zero attached hydrogens (tertiary/aromatic N) is 1. The van der Waals surface area contributed by atoms with Crippen molar-refractivity contribution in [1.82, 2.24) is 5.32 Å². The molecule has 2 rings (SSSR count). The van der Waals surface area contributed by atoms with E-state index in [1.165, 1.54) is 0 Å².